The van der Waals surface area contributed by atoms with E-state index >= 15 is 0 Å². The Kier molecular flexibility index (Phi) is 3.84. The van der Waals surface area contributed by atoms with E-state index in [1.54, 1.807) is 31.3 Å². The van der Waals surface area contributed by atoms with Crippen LogP contribution in [0.1, 0.15) is 24.2 Å². The summed E-state index contributed by atoms with van der Waals surface area (Å²) in [7, 11) is 0. The molecule has 4 heteroatoms. The molecule has 18 heavy (non-hydrogen) atoms. The number of halogens is 1. The summed E-state index contributed by atoms with van der Waals surface area (Å²) in [6.45, 7) is 3.65. The van der Waals surface area contributed by atoms with Crippen molar-refractivity contribution in [2.45, 2.75) is 20.0 Å². The van der Waals surface area contributed by atoms with Gasteiger partial charge in [-0.3, -0.25) is 0 Å². The second kappa shape index (κ2) is 5.38. The highest BCUT2D eigenvalue weighted by Gasteiger charge is 2.06. The highest BCUT2D eigenvalue weighted by Crippen LogP contribution is 2.29. The Morgan fingerprint density at radius 3 is 2.67 bits per heavy atom. The molecule has 0 fully saturated rings. The standard InChI is InChI=1S/C14H14ClNO2/c1-9-3-5-12(15)13(7-9)18-14-6-4-11(8-16-14)10(2)17/h3-8,10,17H,1-2H3/t10-/m0/s1. The number of hydrogen-bond acceptors (Lipinski definition) is 3. The van der Waals surface area contributed by atoms with Gasteiger partial charge in [0, 0.05) is 12.3 Å². The van der Waals surface area contributed by atoms with Gasteiger partial charge in [-0.1, -0.05) is 17.7 Å². The van der Waals surface area contributed by atoms with E-state index in [1.165, 1.54) is 0 Å². The molecule has 0 saturated carbocycles. The third-order valence-corrected chi connectivity index (χ3v) is 2.86. The molecule has 1 atom stereocenters. The van der Waals surface area contributed by atoms with Gasteiger partial charge in [0.1, 0.15) is 5.75 Å². The smallest absolute Gasteiger partial charge is 0.219 e. The highest BCUT2D eigenvalue weighted by atomic mass is 35.5. The van der Waals surface area contributed by atoms with Crippen molar-refractivity contribution in [2.75, 3.05) is 0 Å². The summed E-state index contributed by atoms with van der Waals surface area (Å²) in [4.78, 5) is 4.13. The van der Waals surface area contributed by atoms with Crippen LogP contribution in [0.15, 0.2) is 36.5 Å². The normalized spacial score (nSPS) is 12.2. The predicted molar refractivity (Wildman–Crippen MR) is 71.1 cm³/mol. The molecule has 0 aliphatic carbocycles. The number of rotatable bonds is 3. The number of benzene rings is 1. The molecule has 3 nitrogen and oxygen atoms in total. The summed E-state index contributed by atoms with van der Waals surface area (Å²) in [5.74, 6) is 1.03. The number of nitrogens with zero attached hydrogens (tertiary/aromatic N) is 1. The number of aliphatic hydroxyl groups excluding tert-OH is 1. The largest absolute Gasteiger partial charge is 0.437 e. The molecule has 1 aromatic heterocycles. The van der Waals surface area contributed by atoms with E-state index in [-0.39, 0.29) is 0 Å². The summed E-state index contributed by atoms with van der Waals surface area (Å²) in [5.41, 5.74) is 1.81. The van der Waals surface area contributed by atoms with Gasteiger partial charge >= 0.3 is 0 Å². The maximum absolute atomic E-state index is 9.38. The summed E-state index contributed by atoms with van der Waals surface area (Å²) in [6, 6.07) is 9.04. The summed E-state index contributed by atoms with van der Waals surface area (Å²) >= 11 is 6.04. The van der Waals surface area contributed by atoms with Gasteiger partial charge in [0.25, 0.3) is 0 Å². The molecule has 1 N–H and O–H groups in total. The van der Waals surface area contributed by atoms with Crippen molar-refractivity contribution in [3.05, 3.63) is 52.7 Å². The molecule has 1 heterocycles. The topological polar surface area (TPSA) is 42.4 Å². The molecule has 2 rings (SSSR count). The van der Waals surface area contributed by atoms with Crippen molar-refractivity contribution in [1.29, 1.82) is 0 Å². The van der Waals surface area contributed by atoms with Gasteiger partial charge in [0.15, 0.2) is 0 Å². The number of ether oxygens (including phenoxy) is 1. The number of aryl methyl sites for hydroxylation is 1. The third kappa shape index (κ3) is 3.00. The van der Waals surface area contributed by atoms with E-state index in [9.17, 15) is 5.11 Å². The minimum atomic E-state index is -0.533. The van der Waals surface area contributed by atoms with Gasteiger partial charge in [-0.25, -0.2) is 4.98 Å². The van der Waals surface area contributed by atoms with E-state index in [1.807, 2.05) is 19.1 Å². The molecule has 1 aromatic carbocycles. The Bertz CT molecular complexity index is 538. The van der Waals surface area contributed by atoms with Crippen molar-refractivity contribution in [2.24, 2.45) is 0 Å². The molecule has 0 bridgehead atoms. The minimum Gasteiger partial charge on any atom is -0.437 e. The van der Waals surface area contributed by atoms with Crippen LogP contribution in [0.4, 0.5) is 0 Å². The van der Waals surface area contributed by atoms with Gasteiger partial charge in [0.2, 0.25) is 5.88 Å². The first-order chi connectivity index (χ1) is 8.56. The zero-order valence-corrected chi connectivity index (χ0v) is 11.0. The first-order valence-corrected chi connectivity index (χ1v) is 6.02. The van der Waals surface area contributed by atoms with Crippen LogP contribution in [0.2, 0.25) is 5.02 Å². The van der Waals surface area contributed by atoms with E-state index in [0.29, 0.717) is 16.7 Å². The van der Waals surface area contributed by atoms with E-state index < -0.39 is 6.10 Å². The number of hydrogen-bond donors (Lipinski definition) is 1. The maximum Gasteiger partial charge on any atom is 0.219 e. The van der Waals surface area contributed by atoms with Gasteiger partial charge < -0.3 is 9.84 Å². The average molecular weight is 264 g/mol. The number of aliphatic hydroxyl groups is 1. The van der Waals surface area contributed by atoms with Crippen LogP contribution >= 0.6 is 11.6 Å². The first-order valence-electron chi connectivity index (χ1n) is 5.64. The Hall–Kier alpha value is -1.58. The van der Waals surface area contributed by atoms with Crippen LogP contribution in [0.3, 0.4) is 0 Å². The molecule has 0 aliphatic heterocycles. The molecular weight excluding hydrogens is 250 g/mol. The lowest BCUT2D eigenvalue weighted by Gasteiger charge is -2.09. The van der Waals surface area contributed by atoms with E-state index in [0.717, 1.165) is 11.1 Å². The molecule has 0 amide bonds. The van der Waals surface area contributed by atoms with Crippen LogP contribution in [0, 0.1) is 6.92 Å². The van der Waals surface area contributed by atoms with Crippen molar-refractivity contribution in [3.63, 3.8) is 0 Å². The molecular formula is C14H14ClNO2. The molecule has 0 radical (unpaired) electrons. The summed E-state index contributed by atoms with van der Waals surface area (Å²) in [5, 5.41) is 9.93. The molecule has 2 aromatic rings. The number of pyridine rings is 1. The Morgan fingerprint density at radius 1 is 1.28 bits per heavy atom. The van der Waals surface area contributed by atoms with Crippen molar-refractivity contribution < 1.29 is 9.84 Å². The fraction of sp³-hybridized carbons (Fsp3) is 0.214. The lowest BCUT2D eigenvalue weighted by atomic mass is 10.2. The van der Waals surface area contributed by atoms with E-state index in [4.69, 9.17) is 16.3 Å². The fourth-order valence-electron chi connectivity index (χ4n) is 1.50. The van der Waals surface area contributed by atoms with Gasteiger partial charge in [-0.2, -0.15) is 0 Å². The molecule has 0 unspecified atom stereocenters. The molecule has 0 saturated heterocycles. The molecule has 0 aliphatic rings. The lowest BCUT2D eigenvalue weighted by molar-refractivity contribution is 0.198. The van der Waals surface area contributed by atoms with Gasteiger partial charge in [-0.15, -0.1) is 0 Å². The second-order valence-electron chi connectivity index (χ2n) is 4.14. The zero-order valence-electron chi connectivity index (χ0n) is 10.2. The van der Waals surface area contributed by atoms with Crippen molar-refractivity contribution in [3.8, 4) is 11.6 Å². The maximum atomic E-state index is 9.38. The summed E-state index contributed by atoms with van der Waals surface area (Å²) in [6.07, 6.45) is 1.05. The molecule has 0 spiro atoms. The average Bonchev–Trinajstić information content (AvgIpc) is 2.34. The Balaban J connectivity index is 2.21. The van der Waals surface area contributed by atoms with Crippen LogP contribution < -0.4 is 4.74 Å². The van der Waals surface area contributed by atoms with Crippen LogP contribution in [0.5, 0.6) is 11.6 Å². The monoisotopic (exact) mass is 263 g/mol. The quantitative estimate of drug-likeness (QED) is 0.914. The summed E-state index contributed by atoms with van der Waals surface area (Å²) < 4.78 is 5.60. The minimum absolute atomic E-state index is 0.451. The lowest BCUT2D eigenvalue weighted by Crippen LogP contribution is -1.94. The highest BCUT2D eigenvalue weighted by molar-refractivity contribution is 6.32. The van der Waals surface area contributed by atoms with Crippen LogP contribution in [-0.4, -0.2) is 10.1 Å². The van der Waals surface area contributed by atoms with Crippen LogP contribution in [-0.2, 0) is 0 Å². The van der Waals surface area contributed by atoms with Crippen molar-refractivity contribution >= 4 is 11.6 Å². The predicted octanol–water partition coefficient (Wildman–Crippen LogP) is 3.89. The Morgan fingerprint density at radius 2 is 2.06 bits per heavy atom. The zero-order chi connectivity index (χ0) is 13.1. The van der Waals surface area contributed by atoms with Gasteiger partial charge in [0.05, 0.1) is 11.1 Å². The van der Waals surface area contributed by atoms with Crippen LogP contribution in [0.25, 0.3) is 0 Å². The van der Waals surface area contributed by atoms with Gasteiger partial charge in [-0.05, 0) is 43.2 Å². The second-order valence-corrected chi connectivity index (χ2v) is 4.55. The molecule has 94 valence electrons. The SMILES string of the molecule is Cc1ccc(Cl)c(Oc2ccc([C@H](C)O)cn2)c1. The first kappa shape index (κ1) is 12.9. The Labute approximate surface area is 111 Å². The van der Waals surface area contributed by atoms with E-state index in [2.05, 4.69) is 4.98 Å². The van der Waals surface area contributed by atoms with Crippen molar-refractivity contribution in [1.82, 2.24) is 4.98 Å². The number of aromatic nitrogens is 1. The fourth-order valence-corrected chi connectivity index (χ4v) is 1.66. The third-order valence-electron chi connectivity index (χ3n) is 2.54.